The van der Waals surface area contributed by atoms with Gasteiger partial charge >= 0.3 is 0 Å². The predicted octanol–water partition coefficient (Wildman–Crippen LogP) is 9.87. The number of nitrogens with zero attached hydrogens (tertiary/aromatic N) is 8. The molecule has 1 spiro atoms. The Bertz CT molecular complexity index is 3210. The summed E-state index contributed by atoms with van der Waals surface area (Å²) in [7, 11) is 1.63. The van der Waals surface area contributed by atoms with E-state index in [9.17, 15) is 19.5 Å². The number of piperidine rings is 1. The van der Waals surface area contributed by atoms with Gasteiger partial charge in [-0.3, -0.25) is 19.0 Å². The maximum absolute atomic E-state index is 14.9. The first kappa shape index (κ1) is 56.5. The van der Waals surface area contributed by atoms with Crippen molar-refractivity contribution in [1.82, 2.24) is 44.6 Å². The normalized spacial score (nSPS) is 22.2. The Morgan fingerprint density at radius 2 is 1.68 bits per heavy atom. The van der Waals surface area contributed by atoms with Crippen LogP contribution >= 0.6 is 22.9 Å². The molecule has 3 aromatic heterocycles. The third kappa shape index (κ3) is 11.5. The number of fused-ring (bicyclic) bond motifs is 7. The number of aliphatic hydroxyl groups excluding tert-OH is 1. The van der Waals surface area contributed by atoms with Crippen LogP contribution < -0.4 is 10.9 Å². The van der Waals surface area contributed by atoms with Crippen molar-refractivity contribution in [3.8, 4) is 16.1 Å². The van der Waals surface area contributed by atoms with Crippen LogP contribution in [0.1, 0.15) is 156 Å². The monoisotopic (exact) mass is 1130 g/mol. The van der Waals surface area contributed by atoms with Crippen LogP contribution in [-0.4, -0.2) is 135 Å². The minimum Gasteiger partial charge on any atom is -0.391 e. The topological polar surface area (TPSA) is 179 Å². The number of methoxy groups -OCH3 is 1. The molecule has 11 rings (SSSR count). The average Bonchev–Trinajstić information content (AvgIpc) is 4.46. The Morgan fingerprint density at radius 3 is 2.40 bits per heavy atom. The number of amides is 2. The van der Waals surface area contributed by atoms with E-state index in [4.69, 9.17) is 35.9 Å². The summed E-state index contributed by atoms with van der Waals surface area (Å²) in [6, 6.07) is 18.7. The minimum atomic E-state index is -0.898. The zero-order chi connectivity index (χ0) is 55.7. The molecule has 2 amide bonds. The summed E-state index contributed by atoms with van der Waals surface area (Å²) in [4.78, 5) is 57.4. The van der Waals surface area contributed by atoms with Gasteiger partial charge in [0.15, 0.2) is 0 Å². The summed E-state index contributed by atoms with van der Waals surface area (Å²) >= 11 is 8.25. The van der Waals surface area contributed by atoms with Crippen LogP contribution in [0.5, 0.6) is 0 Å². The standard InChI is InChI=1S/C62H78ClN9O7S/c1-39-55(80-38-64-39)44-18-16-43(17-19-44)50(37-79-31-30-78-29-28-77-5)65-57(74)53-33-46(73)35-70(53)59(76)56(61(2,3)4)71-36-49(67-68-71)42-14-12-40(13-15-42)34-69-26-22-41(23-27-69)45-20-21-47-52(32-45)72-51-11-9-10-48(63)54(51)58(75)66-60(72)62(47)24-7-6-8-25-62/h9-11,16-21,32,36,38,40-42,46,50,53,56,73H,6-8,12-15,22-31,33-35,37H2,1-5H3,(H,65,74)/t40?,42?,46-,50+,53+,56-/m1/s1. The summed E-state index contributed by atoms with van der Waals surface area (Å²) in [6.45, 7) is 13.1. The number of thiazole rings is 1. The molecule has 2 saturated heterocycles. The van der Waals surface area contributed by atoms with Crippen LogP contribution in [0.25, 0.3) is 27.0 Å². The van der Waals surface area contributed by atoms with Gasteiger partial charge in [-0.25, -0.2) is 9.67 Å². The Hall–Kier alpha value is -5.40. The number of β-amino-alcohol motifs (C(OH)–C–C–N with tert-alkyl or cyclic N) is 1. The van der Waals surface area contributed by atoms with E-state index in [0.29, 0.717) is 48.7 Å². The van der Waals surface area contributed by atoms with Gasteiger partial charge in [0.25, 0.3) is 5.56 Å². The number of aliphatic hydroxyl groups is 1. The third-order valence-corrected chi connectivity index (χ3v) is 19.3. The largest absolute Gasteiger partial charge is 0.391 e. The molecule has 3 aromatic carbocycles. The first-order valence-electron chi connectivity index (χ1n) is 29.1. The quantitative estimate of drug-likeness (QED) is 0.0780. The van der Waals surface area contributed by atoms with Crippen LogP contribution in [0.3, 0.4) is 0 Å². The summed E-state index contributed by atoms with van der Waals surface area (Å²) < 4.78 is 20.7. The van der Waals surface area contributed by atoms with Crippen LogP contribution in [0.2, 0.25) is 5.02 Å². The summed E-state index contributed by atoms with van der Waals surface area (Å²) in [6.07, 6.45) is 13.1. The SMILES string of the molecule is COCCOCCOC[C@H](NC(=O)[C@@H]1C[C@@H](O)CN1C(=O)[C@@H](n1cc(C2CCC(CN3CCC(c4ccc5c(c4)-n4c(nc(=O)c6c(Cl)cccc64)C54CCCCC4)CC3)CC2)nn1)C(C)(C)C)c1ccc(-c2scnc2C)cc1. The molecular formula is C62H78ClN9O7S. The molecule has 2 aliphatic carbocycles. The van der Waals surface area contributed by atoms with E-state index in [1.54, 1.807) is 34.1 Å². The molecule has 18 heteroatoms. The predicted molar refractivity (Wildman–Crippen MR) is 311 cm³/mol. The number of aryl methyl sites for hydroxylation is 1. The number of carbonyl (C=O) groups is 2. The van der Waals surface area contributed by atoms with Crippen LogP contribution in [-0.2, 0) is 29.2 Å². The van der Waals surface area contributed by atoms with Crippen molar-refractivity contribution in [3.63, 3.8) is 0 Å². The van der Waals surface area contributed by atoms with Crippen molar-refractivity contribution in [1.29, 1.82) is 0 Å². The third-order valence-electron chi connectivity index (χ3n) is 18.1. The van der Waals surface area contributed by atoms with Crippen molar-refractivity contribution in [2.24, 2.45) is 11.3 Å². The fourth-order valence-electron chi connectivity index (χ4n) is 13.9. The molecule has 16 nitrogen and oxygen atoms in total. The summed E-state index contributed by atoms with van der Waals surface area (Å²) in [5.74, 6) is 1.56. The number of rotatable bonds is 18. The van der Waals surface area contributed by atoms with E-state index in [1.807, 2.05) is 75.8 Å². The summed E-state index contributed by atoms with van der Waals surface area (Å²) in [5, 5.41) is 24.6. The lowest BCUT2D eigenvalue weighted by Gasteiger charge is -2.37. The fourth-order valence-corrected chi connectivity index (χ4v) is 14.9. The van der Waals surface area contributed by atoms with E-state index in [2.05, 4.69) is 43.2 Å². The number of likely N-dealkylation sites (tertiary alicyclic amines) is 2. The van der Waals surface area contributed by atoms with Gasteiger partial charge in [-0.15, -0.1) is 16.4 Å². The van der Waals surface area contributed by atoms with Crippen molar-refractivity contribution in [3.05, 3.63) is 122 Å². The number of nitrogens with one attached hydrogen (secondary N) is 1. The lowest BCUT2D eigenvalue weighted by Crippen LogP contribution is -2.51. The highest BCUT2D eigenvalue weighted by Crippen LogP contribution is 2.52. The maximum Gasteiger partial charge on any atom is 0.282 e. The van der Waals surface area contributed by atoms with Gasteiger partial charge in [0.2, 0.25) is 11.8 Å². The van der Waals surface area contributed by atoms with Crippen LogP contribution in [0.15, 0.2) is 77.2 Å². The zero-order valence-corrected chi connectivity index (χ0v) is 48.7. The summed E-state index contributed by atoms with van der Waals surface area (Å²) in [5.41, 5.74) is 9.22. The van der Waals surface area contributed by atoms with Crippen molar-refractivity contribution >= 4 is 45.7 Å². The number of carbonyl (C=O) groups excluding carboxylic acids is 2. The molecule has 4 atom stereocenters. The van der Waals surface area contributed by atoms with Gasteiger partial charge in [-0.2, -0.15) is 4.98 Å². The molecule has 4 fully saturated rings. The van der Waals surface area contributed by atoms with Crippen molar-refractivity contribution in [2.75, 3.05) is 66.3 Å². The molecule has 80 heavy (non-hydrogen) atoms. The Morgan fingerprint density at radius 1 is 0.925 bits per heavy atom. The van der Waals surface area contributed by atoms with Gasteiger partial charge in [0.05, 0.1) is 94.0 Å². The molecule has 426 valence electrons. The number of hydrogen-bond donors (Lipinski definition) is 2. The highest BCUT2D eigenvalue weighted by atomic mass is 35.5. The number of aromatic nitrogens is 6. The Labute approximate surface area is 478 Å². The minimum absolute atomic E-state index is 0.0367. The van der Waals surface area contributed by atoms with E-state index < -0.39 is 29.6 Å². The lowest BCUT2D eigenvalue weighted by atomic mass is 9.69. The number of benzene rings is 3. The molecule has 2 N–H and O–H groups in total. The first-order chi connectivity index (χ1) is 38.7. The molecule has 6 heterocycles. The van der Waals surface area contributed by atoms with Gasteiger partial charge in [0.1, 0.15) is 17.9 Å². The van der Waals surface area contributed by atoms with Crippen molar-refractivity contribution < 1.29 is 28.9 Å². The highest BCUT2D eigenvalue weighted by Gasteiger charge is 2.48. The first-order valence-corrected chi connectivity index (χ1v) is 30.4. The average molecular weight is 1130 g/mol. The van der Waals surface area contributed by atoms with E-state index in [-0.39, 0.29) is 48.3 Å². The van der Waals surface area contributed by atoms with Crippen molar-refractivity contribution in [2.45, 2.75) is 146 Å². The van der Waals surface area contributed by atoms with Crippen LogP contribution in [0, 0.1) is 18.3 Å². The second-order valence-corrected chi connectivity index (χ2v) is 25.6. The fraction of sp³-hybridized carbons (Fsp3) is 0.565. The van der Waals surface area contributed by atoms with Gasteiger partial charge in [0, 0.05) is 38.7 Å². The van der Waals surface area contributed by atoms with E-state index in [1.165, 1.54) is 23.2 Å². The lowest BCUT2D eigenvalue weighted by molar-refractivity contribution is -0.144. The number of halogens is 1. The molecule has 5 aliphatic rings. The molecule has 3 aliphatic heterocycles. The molecular weight excluding hydrogens is 1050 g/mol. The highest BCUT2D eigenvalue weighted by molar-refractivity contribution is 7.13. The number of ether oxygens (including phenoxy) is 3. The maximum atomic E-state index is 14.9. The molecule has 2 saturated carbocycles. The molecule has 0 unspecified atom stereocenters. The number of hydrogen-bond acceptors (Lipinski definition) is 13. The molecule has 0 radical (unpaired) electrons. The Balaban J connectivity index is 0.708. The van der Waals surface area contributed by atoms with E-state index >= 15 is 0 Å². The molecule has 0 bridgehead atoms. The van der Waals surface area contributed by atoms with Gasteiger partial charge in [-0.05, 0) is 129 Å². The zero-order valence-electron chi connectivity index (χ0n) is 47.1. The van der Waals surface area contributed by atoms with Gasteiger partial charge in [-0.1, -0.05) is 99.3 Å². The smallest absolute Gasteiger partial charge is 0.282 e. The second kappa shape index (κ2) is 24.2. The molecule has 6 aromatic rings. The Kier molecular flexibility index (Phi) is 17.1. The second-order valence-electron chi connectivity index (χ2n) is 24.3. The van der Waals surface area contributed by atoms with Crippen LogP contribution in [0.4, 0.5) is 0 Å². The van der Waals surface area contributed by atoms with Gasteiger partial charge < -0.3 is 34.4 Å². The van der Waals surface area contributed by atoms with E-state index in [0.717, 1.165) is 123 Å².